The Bertz CT molecular complexity index is 837. The lowest BCUT2D eigenvalue weighted by molar-refractivity contribution is -0.417. The molecule has 0 fully saturated rings. The number of hydrogen-bond donors (Lipinski definition) is 1. The Morgan fingerprint density at radius 2 is 1.12 bits per heavy atom. The molecular weight excluding hydrogens is 526 g/mol. The molecule has 0 unspecified atom stereocenters. The zero-order valence-corrected chi connectivity index (χ0v) is 17.9. The molecule has 0 amide bonds. The minimum Gasteiger partial charge on any atom is -0.281 e. The Balaban J connectivity index is 0.00000156. The van der Waals surface area contributed by atoms with Gasteiger partial charge in [0, 0.05) is 18.8 Å². The fraction of sp³-hybridized carbons (Fsp3) is 0.706. The molecule has 0 aliphatic carbocycles. The van der Waals surface area contributed by atoms with E-state index in [4.69, 9.17) is 4.55 Å². The summed E-state index contributed by atoms with van der Waals surface area (Å²) in [6.45, 7) is 1.53. The van der Waals surface area contributed by atoms with E-state index in [2.05, 4.69) is 4.98 Å². The Morgan fingerprint density at radius 3 is 1.44 bits per heavy atom. The molecule has 1 heterocycles. The van der Waals surface area contributed by atoms with Crippen LogP contribution in [-0.4, -0.2) is 52.8 Å². The predicted octanol–water partition coefficient (Wildman–Crippen LogP) is 6.70. The fourth-order valence-electron chi connectivity index (χ4n) is 2.21. The zero-order valence-electron chi connectivity index (χ0n) is 17.1. The first kappa shape index (κ1) is 32.2. The van der Waals surface area contributed by atoms with E-state index in [1.54, 1.807) is 12.4 Å². The molecular formula is C17H19F12NO3S. The third kappa shape index (κ3) is 6.07. The standard InChI is InChI=1S/C12H14F12O3S.C5H5N/c1-2-3-4-5-6-7(13,14)8(15,16)9(17,18)10(19,20)11(21,22)12(23,24)28(25,26)27;1-2-4-6-5-3-1/h2-6H2,1H3,(H,25,26,27);1-5H. The van der Waals surface area contributed by atoms with Gasteiger partial charge in [0.05, 0.1) is 0 Å². The van der Waals surface area contributed by atoms with E-state index < -0.39 is 57.8 Å². The number of rotatable bonds is 11. The normalized spacial score (nSPS) is 14.4. The Morgan fingerprint density at radius 1 is 0.676 bits per heavy atom. The number of alkyl halides is 12. The highest BCUT2D eigenvalue weighted by molar-refractivity contribution is 7.87. The third-order valence-corrected chi connectivity index (χ3v) is 5.15. The average molecular weight is 545 g/mol. The number of unbranched alkanes of at least 4 members (excludes halogenated alkanes) is 3. The van der Waals surface area contributed by atoms with Gasteiger partial charge >= 0.3 is 45.0 Å². The Kier molecular flexibility index (Phi) is 10.3. The highest BCUT2D eigenvalue weighted by atomic mass is 32.2. The maximum Gasteiger partial charge on any atom is 0.438 e. The highest BCUT2D eigenvalue weighted by Gasteiger charge is 2.91. The molecule has 34 heavy (non-hydrogen) atoms. The minimum atomic E-state index is -8.02. The van der Waals surface area contributed by atoms with Gasteiger partial charge in [0.15, 0.2) is 0 Å². The number of pyridine rings is 1. The van der Waals surface area contributed by atoms with Gasteiger partial charge in [-0.25, -0.2) is 0 Å². The van der Waals surface area contributed by atoms with Crippen LogP contribution in [-0.2, 0) is 10.1 Å². The van der Waals surface area contributed by atoms with Crippen molar-refractivity contribution < 1.29 is 65.7 Å². The van der Waals surface area contributed by atoms with Crippen molar-refractivity contribution in [3.05, 3.63) is 30.6 Å². The lowest BCUT2D eigenvalue weighted by Crippen LogP contribution is -2.71. The highest BCUT2D eigenvalue weighted by Crippen LogP contribution is 2.61. The van der Waals surface area contributed by atoms with Crippen LogP contribution in [0.1, 0.15) is 39.0 Å². The van der Waals surface area contributed by atoms with E-state index in [9.17, 15) is 61.1 Å². The molecule has 0 saturated carbocycles. The van der Waals surface area contributed by atoms with Gasteiger partial charge < -0.3 is 0 Å². The topological polar surface area (TPSA) is 67.3 Å². The lowest BCUT2D eigenvalue weighted by atomic mass is 9.91. The van der Waals surface area contributed by atoms with Gasteiger partial charge in [-0.15, -0.1) is 0 Å². The smallest absolute Gasteiger partial charge is 0.281 e. The van der Waals surface area contributed by atoms with Crippen molar-refractivity contribution in [1.82, 2.24) is 4.98 Å². The van der Waals surface area contributed by atoms with Gasteiger partial charge in [-0.1, -0.05) is 32.3 Å². The molecule has 200 valence electrons. The van der Waals surface area contributed by atoms with E-state index in [1.165, 1.54) is 6.92 Å². The molecule has 1 aromatic rings. The van der Waals surface area contributed by atoms with E-state index in [-0.39, 0.29) is 12.8 Å². The maximum absolute atomic E-state index is 13.4. The summed E-state index contributed by atoms with van der Waals surface area (Å²) in [7, 11) is -7.53. The SMILES string of the molecule is CCCCCCC(F)(F)C(F)(F)C(F)(F)C(F)(F)C(F)(F)C(F)(F)S(=O)(=O)O.c1ccncc1. The summed E-state index contributed by atoms with van der Waals surface area (Å²) in [6.07, 6.45) is 0.655. The van der Waals surface area contributed by atoms with Gasteiger partial charge in [-0.05, 0) is 18.6 Å². The van der Waals surface area contributed by atoms with Gasteiger partial charge in [0.1, 0.15) is 0 Å². The summed E-state index contributed by atoms with van der Waals surface area (Å²) in [6, 6.07) is 5.72. The number of nitrogens with zero attached hydrogens (tertiary/aromatic N) is 1. The van der Waals surface area contributed by atoms with Crippen molar-refractivity contribution in [2.24, 2.45) is 0 Å². The molecule has 17 heteroatoms. The summed E-state index contributed by atoms with van der Waals surface area (Å²) >= 11 is 0. The Labute approximate surface area is 186 Å². The molecule has 0 spiro atoms. The van der Waals surface area contributed by atoms with Crippen LogP contribution >= 0.6 is 0 Å². The van der Waals surface area contributed by atoms with Crippen LogP contribution in [0.5, 0.6) is 0 Å². The van der Waals surface area contributed by atoms with Gasteiger partial charge in [-0.2, -0.15) is 61.1 Å². The molecule has 1 rings (SSSR count). The van der Waals surface area contributed by atoms with Gasteiger partial charge in [0.25, 0.3) is 0 Å². The molecule has 0 bridgehead atoms. The molecule has 4 nitrogen and oxygen atoms in total. The minimum absolute atomic E-state index is 0.146. The van der Waals surface area contributed by atoms with Crippen LogP contribution in [0.25, 0.3) is 0 Å². The molecule has 0 aliphatic heterocycles. The van der Waals surface area contributed by atoms with Crippen molar-refractivity contribution in [2.75, 3.05) is 0 Å². The average Bonchev–Trinajstić information content (AvgIpc) is 2.71. The van der Waals surface area contributed by atoms with Crippen LogP contribution < -0.4 is 0 Å². The Hall–Kier alpha value is -1.78. The molecule has 1 N–H and O–H groups in total. The molecule has 0 aliphatic rings. The van der Waals surface area contributed by atoms with Crippen molar-refractivity contribution >= 4 is 10.1 Å². The molecule has 0 atom stereocenters. The number of aromatic nitrogens is 1. The summed E-state index contributed by atoms with van der Waals surface area (Å²) in [5.41, 5.74) is 0. The van der Waals surface area contributed by atoms with Crippen LogP contribution in [0.2, 0.25) is 0 Å². The maximum atomic E-state index is 13.4. The van der Waals surface area contributed by atoms with E-state index in [0.717, 1.165) is 0 Å². The molecule has 0 radical (unpaired) electrons. The summed E-state index contributed by atoms with van der Waals surface area (Å²) < 4.78 is 187. The first-order valence-electron chi connectivity index (χ1n) is 9.15. The monoisotopic (exact) mass is 545 g/mol. The van der Waals surface area contributed by atoms with Crippen molar-refractivity contribution in [3.8, 4) is 0 Å². The van der Waals surface area contributed by atoms with E-state index >= 15 is 0 Å². The third-order valence-electron chi connectivity index (χ3n) is 4.24. The largest absolute Gasteiger partial charge is 0.438 e. The van der Waals surface area contributed by atoms with Crippen LogP contribution in [0, 0.1) is 0 Å². The summed E-state index contributed by atoms with van der Waals surface area (Å²) in [5.74, 6) is -37.1. The van der Waals surface area contributed by atoms with Crippen LogP contribution in [0.4, 0.5) is 52.7 Å². The quantitative estimate of drug-likeness (QED) is 0.191. The predicted molar refractivity (Wildman–Crippen MR) is 94.2 cm³/mol. The lowest BCUT2D eigenvalue weighted by Gasteiger charge is -2.40. The second kappa shape index (κ2) is 10.9. The van der Waals surface area contributed by atoms with Gasteiger partial charge in [-0.3, -0.25) is 9.54 Å². The van der Waals surface area contributed by atoms with Crippen molar-refractivity contribution in [3.63, 3.8) is 0 Å². The molecule has 0 aromatic carbocycles. The van der Waals surface area contributed by atoms with Crippen LogP contribution in [0.15, 0.2) is 30.6 Å². The second-order valence-electron chi connectivity index (χ2n) is 6.83. The molecule has 0 saturated heterocycles. The summed E-state index contributed by atoms with van der Waals surface area (Å²) in [5, 5.41) is -7.40. The van der Waals surface area contributed by atoms with Crippen molar-refractivity contribution in [2.45, 2.75) is 73.9 Å². The molecule has 1 aromatic heterocycles. The van der Waals surface area contributed by atoms with Gasteiger partial charge in [0.2, 0.25) is 0 Å². The first-order valence-corrected chi connectivity index (χ1v) is 10.6. The van der Waals surface area contributed by atoms with Crippen molar-refractivity contribution in [1.29, 1.82) is 0 Å². The first-order chi connectivity index (χ1) is 15.1. The summed E-state index contributed by atoms with van der Waals surface area (Å²) in [4.78, 5) is 3.78. The second-order valence-corrected chi connectivity index (χ2v) is 8.29. The fourth-order valence-corrected chi connectivity index (χ4v) is 2.66. The van der Waals surface area contributed by atoms with E-state index in [0.29, 0.717) is 6.42 Å². The number of halogens is 12. The van der Waals surface area contributed by atoms with E-state index in [1.807, 2.05) is 18.2 Å². The van der Waals surface area contributed by atoms with Crippen LogP contribution in [0.3, 0.4) is 0 Å². The zero-order chi connectivity index (χ0) is 27.3. The number of hydrogen-bond acceptors (Lipinski definition) is 3.